The van der Waals surface area contributed by atoms with E-state index in [-0.39, 0.29) is 12.6 Å². The minimum Gasteiger partial charge on any atom is -0.394 e. The molecule has 0 saturated heterocycles. The van der Waals surface area contributed by atoms with Crippen LogP contribution in [0.5, 0.6) is 0 Å². The van der Waals surface area contributed by atoms with Gasteiger partial charge >= 0.3 is 5.97 Å². The van der Waals surface area contributed by atoms with Crippen molar-refractivity contribution in [1.29, 1.82) is 0 Å². The van der Waals surface area contributed by atoms with E-state index in [0.29, 0.717) is 19.6 Å². The zero-order chi connectivity index (χ0) is 41.0. The molecule has 6 nitrogen and oxygen atoms in total. The molecule has 0 amide bonds. The topological polar surface area (TPSA) is 62.2 Å². The van der Waals surface area contributed by atoms with E-state index in [0.717, 1.165) is 58.4 Å². The Morgan fingerprint density at radius 2 is 0.944 bits per heavy atom. The van der Waals surface area contributed by atoms with E-state index >= 15 is 0 Å². The first-order valence-electron chi connectivity index (χ1n) is 23.7. The number of rotatable bonds is 37. The SMILES string of the molecule is CC.CCC.CCC.CCCCC/C=C\C/C=C\CCCCCCCCN(CCCCCCCCCC(=O)ON(CC)CCCCCC)CCOCCO. The summed E-state index contributed by atoms with van der Waals surface area (Å²) in [7, 11) is 0. The van der Waals surface area contributed by atoms with Crippen molar-refractivity contribution in [3.05, 3.63) is 24.3 Å². The van der Waals surface area contributed by atoms with Gasteiger partial charge in [0.05, 0.1) is 19.8 Å². The highest BCUT2D eigenvalue weighted by Crippen LogP contribution is 2.12. The summed E-state index contributed by atoms with van der Waals surface area (Å²) in [6.07, 6.45) is 40.9. The molecule has 0 aliphatic carbocycles. The molecule has 0 fully saturated rings. The van der Waals surface area contributed by atoms with Gasteiger partial charge in [-0.15, -0.1) is 5.06 Å². The summed E-state index contributed by atoms with van der Waals surface area (Å²) in [5.74, 6) is -0.0692. The minimum atomic E-state index is -0.0692. The van der Waals surface area contributed by atoms with Gasteiger partial charge in [-0.05, 0) is 77.8 Å². The highest BCUT2D eigenvalue weighted by molar-refractivity contribution is 5.68. The average molecular weight is 769 g/mol. The maximum Gasteiger partial charge on any atom is 0.325 e. The Morgan fingerprint density at radius 1 is 0.519 bits per heavy atom. The molecule has 0 aliphatic rings. The second-order valence-corrected chi connectivity index (χ2v) is 14.4. The van der Waals surface area contributed by atoms with Crippen molar-refractivity contribution in [3.63, 3.8) is 0 Å². The van der Waals surface area contributed by atoms with Crippen molar-refractivity contribution < 1.29 is 19.5 Å². The number of carbonyl (C=O) groups excluding carboxylic acids is 1. The van der Waals surface area contributed by atoms with Gasteiger partial charge < -0.3 is 19.6 Å². The summed E-state index contributed by atoms with van der Waals surface area (Å²) in [6, 6.07) is 0. The number of hydrogen-bond acceptors (Lipinski definition) is 6. The van der Waals surface area contributed by atoms with Gasteiger partial charge in [0.15, 0.2) is 0 Å². The second kappa shape index (κ2) is 58.5. The van der Waals surface area contributed by atoms with Crippen LogP contribution < -0.4 is 0 Å². The lowest BCUT2D eigenvalue weighted by atomic mass is 10.1. The molecule has 0 atom stereocenters. The molecule has 54 heavy (non-hydrogen) atoms. The Morgan fingerprint density at radius 3 is 1.44 bits per heavy atom. The molecule has 326 valence electrons. The number of hydroxylamine groups is 2. The molecule has 6 heteroatoms. The Hall–Kier alpha value is -1.21. The van der Waals surface area contributed by atoms with E-state index in [2.05, 4.69) is 77.7 Å². The van der Waals surface area contributed by atoms with Crippen molar-refractivity contribution in [2.24, 2.45) is 0 Å². The van der Waals surface area contributed by atoms with E-state index in [1.165, 1.54) is 135 Å². The number of hydrogen-bond donors (Lipinski definition) is 1. The van der Waals surface area contributed by atoms with Crippen LogP contribution in [0.25, 0.3) is 0 Å². The molecule has 0 spiro atoms. The fourth-order valence-corrected chi connectivity index (χ4v) is 5.68. The van der Waals surface area contributed by atoms with Crippen LogP contribution in [-0.2, 0) is 14.4 Å². The number of aliphatic hydroxyl groups excluding tert-OH is 1. The second-order valence-electron chi connectivity index (χ2n) is 14.4. The quantitative estimate of drug-likeness (QED) is 0.0386. The fraction of sp³-hybridized carbons (Fsp3) is 0.896. The van der Waals surface area contributed by atoms with Crippen molar-refractivity contribution in [1.82, 2.24) is 9.96 Å². The highest BCUT2D eigenvalue weighted by atomic mass is 16.7. The number of nitrogens with zero attached hydrogens (tertiary/aromatic N) is 2. The monoisotopic (exact) mass is 769 g/mol. The van der Waals surface area contributed by atoms with Gasteiger partial charge in [0.25, 0.3) is 0 Å². The van der Waals surface area contributed by atoms with Crippen LogP contribution >= 0.6 is 0 Å². The first-order valence-corrected chi connectivity index (χ1v) is 23.7. The molecule has 0 aromatic rings. The van der Waals surface area contributed by atoms with Gasteiger partial charge in [0.1, 0.15) is 0 Å². The first kappa shape index (κ1) is 59.5. The molecule has 0 unspecified atom stereocenters. The third-order valence-corrected chi connectivity index (χ3v) is 8.66. The van der Waals surface area contributed by atoms with Crippen LogP contribution in [0.4, 0.5) is 0 Å². The summed E-state index contributed by atoms with van der Waals surface area (Å²) >= 11 is 0. The van der Waals surface area contributed by atoms with Gasteiger partial charge in [-0.1, -0.05) is 182 Å². The maximum atomic E-state index is 12.2. The molecule has 1 N–H and O–H groups in total. The summed E-state index contributed by atoms with van der Waals surface area (Å²) < 4.78 is 5.56. The largest absolute Gasteiger partial charge is 0.394 e. The van der Waals surface area contributed by atoms with Gasteiger partial charge in [-0.2, -0.15) is 0 Å². The number of allylic oxidation sites excluding steroid dienone is 4. The van der Waals surface area contributed by atoms with E-state index in [1.807, 2.05) is 18.9 Å². The minimum absolute atomic E-state index is 0.0692. The van der Waals surface area contributed by atoms with Crippen molar-refractivity contribution in [3.8, 4) is 0 Å². The van der Waals surface area contributed by atoms with Crippen LogP contribution in [0, 0.1) is 0 Å². The number of ether oxygens (including phenoxy) is 1. The Kier molecular flexibility index (Phi) is 64.4. The zero-order valence-corrected chi connectivity index (χ0v) is 38.4. The third-order valence-electron chi connectivity index (χ3n) is 8.66. The first-order chi connectivity index (χ1) is 26.5. The lowest BCUT2D eigenvalue weighted by molar-refractivity contribution is -0.190. The van der Waals surface area contributed by atoms with Crippen LogP contribution in [-0.4, -0.2) is 73.6 Å². The zero-order valence-electron chi connectivity index (χ0n) is 38.4. The molecule has 0 radical (unpaired) electrons. The molecular formula is C48H100N2O4. The molecule has 0 saturated carbocycles. The molecule has 0 aliphatic heterocycles. The van der Waals surface area contributed by atoms with Crippen molar-refractivity contribution in [2.45, 2.75) is 229 Å². The summed E-state index contributed by atoms with van der Waals surface area (Å²) in [5.41, 5.74) is 0. The maximum absolute atomic E-state index is 12.2. The highest BCUT2D eigenvalue weighted by Gasteiger charge is 2.10. The molecular weight excluding hydrogens is 669 g/mol. The number of carbonyl (C=O) groups is 1. The van der Waals surface area contributed by atoms with Gasteiger partial charge in [0.2, 0.25) is 0 Å². The molecule has 0 aromatic heterocycles. The lowest BCUT2D eigenvalue weighted by Gasteiger charge is -2.22. The van der Waals surface area contributed by atoms with Crippen LogP contribution in [0.1, 0.15) is 229 Å². The van der Waals surface area contributed by atoms with E-state index in [4.69, 9.17) is 14.7 Å². The third kappa shape index (κ3) is 57.5. The van der Waals surface area contributed by atoms with E-state index in [1.54, 1.807) is 0 Å². The predicted octanol–water partition coefficient (Wildman–Crippen LogP) is 14.5. The Labute approximate surface area is 340 Å². The van der Waals surface area contributed by atoms with Crippen LogP contribution in [0.3, 0.4) is 0 Å². The fourth-order valence-electron chi connectivity index (χ4n) is 5.68. The smallest absolute Gasteiger partial charge is 0.325 e. The normalized spacial score (nSPS) is 11.0. The lowest BCUT2D eigenvalue weighted by Crippen LogP contribution is -2.30. The molecule has 0 rings (SSSR count). The Bertz CT molecular complexity index is 698. The van der Waals surface area contributed by atoms with E-state index in [9.17, 15) is 4.79 Å². The molecule has 0 aromatic carbocycles. The average Bonchev–Trinajstić information content (AvgIpc) is 3.17. The standard InChI is InChI=1S/C40H78N2O4.2C3H8.C2H6/c1-4-7-9-11-12-13-14-15-16-17-18-19-20-23-26-29-33-41(36-38-45-39-37-43)34-30-27-24-21-22-25-28-32-40(44)46-42(6-3)35-31-10-8-5-2;2*1-3-2;1-2/h12-13,15-16,43H,4-11,14,17-39H2,1-3H3;2*3H2,1-2H3;1-2H3/b13-12-,16-15-;;;. The van der Waals surface area contributed by atoms with E-state index < -0.39 is 0 Å². The van der Waals surface area contributed by atoms with Gasteiger partial charge in [-0.25, -0.2) is 0 Å². The number of aliphatic hydroxyl groups is 1. The van der Waals surface area contributed by atoms with Gasteiger partial charge in [-0.3, -0.25) is 4.79 Å². The Balaban J connectivity index is -0.00000143. The van der Waals surface area contributed by atoms with Gasteiger partial charge in [0, 0.05) is 26.1 Å². The van der Waals surface area contributed by atoms with Crippen molar-refractivity contribution in [2.75, 3.05) is 52.5 Å². The number of unbranched alkanes of at least 4 members (excludes halogenated alkanes) is 18. The summed E-state index contributed by atoms with van der Waals surface area (Å²) in [5, 5.41) is 10.8. The predicted molar refractivity (Wildman–Crippen MR) is 241 cm³/mol. The molecule has 0 bridgehead atoms. The molecule has 0 heterocycles. The summed E-state index contributed by atoms with van der Waals surface area (Å²) in [6.45, 7) is 25.1. The van der Waals surface area contributed by atoms with Crippen LogP contribution in [0.2, 0.25) is 0 Å². The summed E-state index contributed by atoms with van der Waals surface area (Å²) in [4.78, 5) is 20.3. The van der Waals surface area contributed by atoms with Crippen LogP contribution in [0.15, 0.2) is 24.3 Å². The van der Waals surface area contributed by atoms with Crippen molar-refractivity contribution >= 4 is 5.97 Å².